The molecule has 1 atom stereocenters. The van der Waals surface area contributed by atoms with E-state index in [-0.39, 0.29) is 34.3 Å². The zero-order valence-corrected chi connectivity index (χ0v) is 14.0. The molecule has 1 unspecified atom stereocenters. The van der Waals surface area contributed by atoms with Crippen molar-refractivity contribution in [1.29, 1.82) is 5.26 Å². The highest BCUT2D eigenvalue weighted by atomic mass is 35.5. The highest BCUT2D eigenvalue weighted by Crippen LogP contribution is 2.31. The van der Waals surface area contributed by atoms with Crippen molar-refractivity contribution in [2.24, 2.45) is 11.1 Å². The van der Waals surface area contributed by atoms with Crippen LogP contribution in [-0.2, 0) is 10.0 Å². The molecule has 22 heavy (non-hydrogen) atoms. The van der Waals surface area contributed by atoms with Gasteiger partial charge < -0.3 is 5.73 Å². The van der Waals surface area contributed by atoms with Gasteiger partial charge in [-0.2, -0.15) is 9.57 Å². The van der Waals surface area contributed by atoms with E-state index in [1.807, 2.05) is 13.8 Å². The molecule has 2 rings (SSSR count). The summed E-state index contributed by atoms with van der Waals surface area (Å²) in [7, 11) is -3.75. The van der Waals surface area contributed by atoms with Crippen LogP contribution in [0, 0.1) is 22.6 Å². The fourth-order valence-electron chi connectivity index (χ4n) is 2.43. The Balaban J connectivity index is 0.00000242. The first-order chi connectivity index (χ1) is 9.68. The lowest BCUT2D eigenvalue weighted by Crippen LogP contribution is -2.53. The van der Waals surface area contributed by atoms with E-state index in [2.05, 4.69) is 0 Å². The van der Waals surface area contributed by atoms with Crippen molar-refractivity contribution >= 4 is 22.4 Å². The van der Waals surface area contributed by atoms with Gasteiger partial charge in [0.1, 0.15) is 11.9 Å². The Bertz CT molecular complexity index is 701. The van der Waals surface area contributed by atoms with Crippen LogP contribution in [-0.4, -0.2) is 31.9 Å². The van der Waals surface area contributed by atoms with Crippen LogP contribution in [0.4, 0.5) is 4.39 Å². The van der Waals surface area contributed by atoms with Crippen LogP contribution in [0.25, 0.3) is 0 Å². The minimum absolute atomic E-state index is 0. The van der Waals surface area contributed by atoms with Crippen LogP contribution in [0.15, 0.2) is 23.1 Å². The minimum Gasteiger partial charge on any atom is -0.327 e. The van der Waals surface area contributed by atoms with Crippen molar-refractivity contribution < 1.29 is 12.8 Å². The molecule has 0 saturated carbocycles. The van der Waals surface area contributed by atoms with Gasteiger partial charge in [-0.15, -0.1) is 12.4 Å². The Morgan fingerprint density at radius 2 is 2.09 bits per heavy atom. The van der Waals surface area contributed by atoms with Crippen molar-refractivity contribution in [3.63, 3.8) is 0 Å². The summed E-state index contributed by atoms with van der Waals surface area (Å²) in [5.74, 6) is -0.725. The summed E-state index contributed by atoms with van der Waals surface area (Å²) >= 11 is 0. The van der Waals surface area contributed by atoms with Crippen molar-refractivity contribution in [3.05, 3.63) is 29.6 Å². The molecule has 1 aliphatic heterocycles. The monoisotopic (exact) mass is 347 g/mol. The second-order valence-electron chi connectivity index (χ2n) is 5.98. The molecule has 1 aromatic carbocycles. The normalized spacial score (nSPS) is 21.7. The summed E-state index contributed by atoms with van der Waals surface area (Å²) < 4.78 is 39.9. The highest BCUT2D eigenvalue weighted by molar-refractivity contribution is 7.89. The maximum atomic E-state index is 13.3. The predicted molar refractivity (Wildman–Crippen MR) is 83.5 cm³/mol. The van der Waals surface area contributed by atoms with E-state index >= 15 is 0 Å². The van der Waals surface area contributed by atoms with Crippen molar-refractivity contribution in [2.45, 2.75) is 31.2 Å². The fourth-order valence-corrected chi connectivity index (χ4v) is 4.08. The summed E-state index contributed by atoms with van der Waals surface area (Å²) in [4.78, 5) is -0.0632. The number of sulfonamides is 1. The summed E-state index contributed by atoms with van der Waals surface area (Å²) in [6.07, 6.45) is 0.568. The van der Waals surface area contributed by atoms with Crippen molar-refractivity contribution in [2.75, 3.05) is 13.1 Å². The Labute approximate surface area is 136 Å². The van der Waals surface area contributed by atoms with Gasteiger partial charge in [-0.3, -0.25) is 0 Å². The third-order valence-corrected chi connectivity index (χ3v) is 5.81. The molecular formula is C14H19ClFN3O2S. The maximum absolute atomic E-state index is 13.3. The molecule has 5 nitrogen and oxygen atoms in total. The lowest BCUT2D eigenvalue weighted by molar-refractivity contribution is 0.155. The number of piperidine rings is 1. The lowest BCUT2D eigenvalue weighted by Gasteiger charge is -2.41. The summed E-state index contributed by atoms with van der Waals surface area (Å²) in [5.41, 5.74) is 5.40. The molecule has 0 bridgehead atoms. The minimum atomic E-state index is -3.75. The van der Waals surface area contributed by atoms with Gasteiger partial charge in [0, 0.05) is 19.1 Å². The fraction of sp³-hybridized carbons (Fsp3) is 0.500. The number of rotatable bonds is 2. The van der Waals surface area contributed by atoms with Gasteiger partial charge in [0.2, 0.25) is 10.0 Å². The molecule has 0 aromatic heterocycles. The van der Waals surface area contributed by atoms with Gasteiger partial charge in [0.25, 0.3) is 0 Å². The van der Waals surface area contributed by atoms with E-state index in [9.17, 15) is 12.8 Å². The van der Waals surface area contributed by atoms with Crippen LogP contribution in [0.5, 0.6) is 0 Å². The largest absolute Gasteiger partial charge is 0.327 e. The molecule has 1 aliphatic rings. The average Bonchev–Trinajstić information content (AvgIpc) is 2.42. The predicted octanol–water partition coefficient (Wildman–Crippen LogP) is 1.87. The van der Waals surface area contributed by atoms with E-state index in [4.69, 9.17) is 11.0 Å². The van der Waals surface area contributed by atoms with E-state index < -0.39 is 15.8 Å². The lowest BCUT2D eigenvalue weighted by atomic mass is 9.81. The molecule has 8 heteroatoms. The Morgan fingerprint density at radius 1 is 1.45 bits per heavy atom. The Kier molecular flexibility index (Phi) is 5.57. The van der Waals surface area contributed by atoms with Crippen LogP contribution < -0.4 is 5.73 Å². The first-order valence-electron chi connectivity index (χ1n) is 6.64. The van der Waals surface area contributed by atoms with Gasteiger partial charge in [0.05, 0.1) is 10.5 Å². The van der Waals surface area contributed by atoms with Crippen LogP contribution >= 0.6 is 12.4 Å². The molecule has 0 radical (unpaired) electrons. The summed E-state index contributed by atoms with van der Waals surface area (Å²) in [6, 6.07) is 4.86. The van der Waals surface area contributed by atoms with Crippen LogP contribution in [0.1, 0.15) is 25.8 Å². The van der Waals surface area contributed by atoms with E-state index in [0.717, 1.165) is 12.1 Å². The number of nitrogens with zero attached hydrogens (tertiary/aromatic N) is 2. The number of benzene rings is 1. The van der Waals surface area contributed by atoms with E-state index in [0.29, 0.717) is 19.5 Å². The second kappa shape index (κ2) is 6.50. The van der Waals surface area contributed by atoms with E-state index in [1.165, 1.54) is 10.4 Å². The van der Waals surface area contributed by atoms with E-state index in [1.54, 1.807) is 6.07 Å². The molecule has 0 amide bonds. The van der Waals surface area contributed by atoms with Crippen LogP contribution in [0.3, 0.4) is 0 Å². The third kappa shape index (κ3) is 3.41. The highest BCUT2D eigenvalue weighted by Gasteiger charge is 2.38. The van der Waals surface area contributed by atoms with Crippen molar-refractivity contribution in [3.8, 4) is 6.07 Å². The molecular weight excluding hydrogens is 329 g/mol. The van der Waals surface area contributed by atoms with Crippen LogP contribution in [0.2, 0.25) is 0 Å². The molecule has 1 heterocycles. The average molecular weight is 348 g/mol. The van der Waals surface area contributed by atoms with Gasteiger partial charge >= 0.3 is 0 Å². The molecule has 2 N–H and O–H groups in total. The zero-order valence-electron chi connectivity index (χ0n) is 12.4. The van der Waals surface area contributed by atoms with Gasteiger partial charge in [-0.1, -0.05) is 13.8 Å². The summed E-state index contributed by atoms with van der Waals surface area (Å²) in [5, 5.41) is 8.82. The van der Waals surface area contributed by atoms with Gasteiger partial charge in [-0.05, 0) is 30.0 Å². The summed E-state index contributed by atoms with van der Waals surface area (Å²) in [6.45, 7) is 4.47. The quantitative estimate of drug-likeness (QED) is 0.884. The number of hydrogen-bond donors (Lipinski definition) is 1. The Hall–Kier alpha value is -1.20. The number of nitrogens with two attached hydrogens (primary N) is 1. The standard InChI is InChI=1S/C14H18FN3O2S.ClH/c1-14(2)9-18(6-5-13(14)17)21(19,20)11-3-4-12(15)10(7-11)8-16;/h3-4,7,13H,5-6,9,17H2,1-2H3;1H. The SMILES string of the molecule is CC1(C)CN(S(=O)(=O)c2ccc(F)c(C#N)c2)CCC1N.Cl. The molecule has 0 spiro atoms. The van der Waals surface area contributed by atoms with Gasteiger partial charge in [-0.25, -0.2) is 12.8 Å². The molecule has 1 aromatic rings. The number of nitriles is 1. The smallest absolute Gasteiger partial charge is 0.243 e. The molecule has 1 saturated heterocycles. The first kappa shape index (κ1) is 18.8. The molecule has 0 aliphatic carbocycles. The first-order valence-corrected chi connectivity index (χ1v) is 8.08. The second-order valence-corrected chi connectivity index (χ2v) is 7.91. The molecule has 122 valence electrons. The topological polar surface area (TPSA) is 87.2 Å². The number of hydrogen-bond acceptors (Lipinski definition) is 4. The van der Waals surface area contributed by atoms with Crippen molar-refractivity contribution in [1.82, 2.24) is 4.31 Å². The maximum Gasteiger partial charge on any atom is 0.243 e. The third-order valence-electron chi connectivity index (χ3n) is 3.97. The number of halogens is 2. The zero-order chi connectivity index (χ0) is 15.8. The van der Waals surface area contributed by atoms with Gasteiger partial charge in [0.15, 0.2) is 0 Å². The molecule has 1 fully saturated rings. The Morgan fingerprint density at radius 3 is 2.64 bits per heavy atom.